The minimum atomic E-state index is -0.470. The second-order valence-corrected chi connectivity index (χ2v) is 6.87. The van der Waals surface area contributed by atoms with Gasteiger partial charge in [0.1, 0.15) is 17.2 Å². The van der Waals surface area contributed by atoms with Crippen LogP contribution in [0.15, 0.2) is 48.5 Å². The Bertz CT molecular complexity index is 750. The molecule has 0 aliphatic carbocycles. The van der Waals surface area contributed by atoms with Crippen LogP contribution in [0.5, 0.6) is 17.2 Å². The lowest BCUT2D eigenvalue weighted by Gasteiger charge is -2.08. The maximum atomic E-state index is 12.3. The number of unbranched alkanes of at least 4 members (excludes halogenated alkanes) is 4. The highest BCUT2D eigenvalue weighted by Crippen LogP contribution is 2.20. The van der Waals surface area contributed by atoms with Crippen molar-refractivity contribution >= 4 is 11.9 Å². The zero-order chi connectivity index (χ0) is 20.9. The van der Waals surface area contributed by atoms with Crippen LogP contribution in [-0.2, 0) is 4.79 Å². The smallest absolute Gasteiger partial charge is 0.343 e. The summed E-state index contributed by atoms with van der Waals surface area (Å²) < 4.78 is 16.3. The molecule has 2 rings (SSSR count). The number of carbonyl (C=O) groups excluding carboxylic acids is 2. The van der Waals surface area contributed by atoms with Gasteiger partial charge in [-0.2, -0.15) is 0 Å². The summed E-state index contributed by atoms with van der Waals surface area (Å²) in [5.41, 5.74) is 0.384. The van der Waals surface area contributed by atoms with E-state index >= 15 is 0 Å². The number of carbonyl (C=O) groups is 2. The van der Waals surface area contributed by atoms with Crippen molar-refractivity contribution in [3.8, 4) is 17.2 Å². The number of benzene rings is 2. The highest BCUT2D eigenvalue weighted by atomic mass is 16.5. The SMILES string of the molecule is CCCCCCOc1ccc(OC(=O)c2ccc(OC(=O)CCCC)cc2)cc1. The van der Waals surface area contributed by atoms with Crippen molar-refractivity contribution in [3.05, 3.63) is 54.1 Å². The van der Waals surface area contributed by atoms with E-state index in [-0.39, 0.29) is 5.97 Å². The van der Waals surface area contributed by atoms with E-state index in [0.29, 0.717) is 30.1 Å². The molecule has 0 radical (unpaired) electrons. The molecule has 29 heavy (non-hydrogen) atoms. The summed E-state index contributed by atoms with van der Waals surface area (Å²) in [5, 5.41) is 0. The van der Waals surface area contributed by atoms with Crippen molar-refractivity contribution in [3.63, 3.8) is 0 Å². The first-order chi connectivity index (χ1) is 14.1. The molecule has 0 heterocycles. The van der Waals surface area contributed by atoms with Gasteiger partial charge >= 0.3 is 11.9 Å². The lowest BCUT2D eigenvalue weighted by molar-refractivity contribution is -0.134. The Morgan fingerprint density at radius 1 is 0.690 bits per heavy atom. The summed E-state index contributed by atoms with van der Waals surface area (Å²) in [5.74, 6) is 0.888. The van der Waals surface area contributed by atoms with Gasteiger partial charge in [-0.15, -0.1) is 0 Å². The Balaban J connectivity index is 1.81. The van der Waals surface area contributed by atoms with Crippen LogP contribution in [0.4, 0.5) is 0 Å². The number of rotatable bonds is 12. The average Bonchev–Trinajstić information content (AvgIpc) is 2.73. The molecule has 0 fully saturated rings. The van der Waals surface area contributed by atoms with Crippen LogP contribution in [-0.4, -0.2) is 18.5 Å². The Hall–Kier alpha value is -2.82. The molecule has 2 aromatic carbocycles. The van der Waals surface area contributed by atoms with Gasteiger partial charge in [0.15, 0.2) is 0 Å². The van der Waals surface area contributed by atoms with Crippen molar-refractivity contribution < 1.29 is 23.8 Å². The Kier molecular flexibility index (Phi) is 9.76. The zero-order valence-corrected chi connectivity index (χ0v) is 17.3. The van der Waals surface area contributed by atoms with Gasteiger partial charge in [-0.25, -0.2) is 4.79 Å². The van der Waals surface area contributed by atoms with Gasteiger partial charge in [0.2, 0.25) is 0 Å². The van der Waals surface area contributed by atoms with Crippen LogP contribution in [0, 0.1) is 0 Å². The molecular formula is C24H30O5. The van der Waals surface area contributed by atoms with Crippen LogP contribution in [0.25, 0.3) is 0 Å². The van der Waals surface area contributed by atoms with Gasteiger partial charge in [-0.1, -0.05) is 39.5 Å². The standard InChI is InChI=1S/C24H30O5/c1-3-5-7-8-18-27-20-14-16-22(17-15-20)29-24(26)19-10-12-21(13-11-19)28-23(25)9-6-4-2/h10-17H,3-9,18H2,1-2H3. The fraction of sp³-hybridized carbons (Fsp3) is 0.417. The van der Waals surface area contributed by atoms with Crippen LogP contribution in [0.3, 0.4) is 0 Å². The number of esters is 2. The molecule has 0 atom stereocenters. The maximum Gasteiger partial charge on any atom is 0.343 e. The molecule has 5 heteroatoms. The lowest BCUT2D eigenvalue weighted by atomic mass is 10.2. The molecule has 0 saturated carbocycles. The summed E-state index contributed by atoms with van der Waals surface area (Å²) in [4.78, 5) is 23.9. The Morgan fingerprint density at radius 3 is 1.93 bits per heavy atom. The molecular weight excluding hydrogens is 368 g/mol. The van der Waals surface area contributed by atoms with E-state index in [1.807, 2.05) is 6.92 Å². The molecule has 0 amide bonds. The molecule has 5 nitrogen and oxygen atoms in total. The third-order valence-corrected chi connectivity index (χ3v) is 4.36. The molecule has 0 saturated heterocycles. The monoisotopic (exact) mass is 398 g/mol. The molecule has 156 valence electrons. The van der Waals surface area contributed by atoms with E-state index in [1.165, 1.54) is 19.3 Å². The van der Waals surface area contributed by atoms with Crippen LogP contribution >= 0.6 is 0 Å². The van der Waals surface area contributed by atoms with Gasteiger partial charge in [0.05, 0.1) is 12.2 Å². The average molecular weight is 398 g/mol. The first-order valence-corrected chi connectivity index (χ1v) is 10.4. The van der Waals surface area contributed by atoms with Gasteiger partial charge in [0, 0.05) is 6.42 Å². The number of hydrogen-bond donors (Lipinski definition) is 0. The van der Waals surface area contributed by atoms with Crippen molar-refractivity contribution in [2.24, 2.45) is 0 Å². The highest BCUT2D eigenvalue weighted by Gasteiger charge is 2.10. The van der Waals surface area contributed by atoms with E-state index in [1.54, 1.807) is 48.5 Å². The second-order valence-electron chi connectivity index (χ2n) is 6.87. The van der Waals surface area contributed by atoms with Gasteiger partial charge in [0.25, 0.3) is 0 Å². The first kappa shape index (κ1) is 22.5. The lowest BCUT2D eigenvalue weighted by Crippen LogP contribution is -2.10. The minimum Gasteiger partial charge on any atom is -0.494 e. The van der Waals surface area contributed by atoms with Crippen molar-refractivity contribution in [2.45, 2.75) is 58.8 Å². The second kappa shape index (κ2) is 12.6. The number of ether oxygens (including phenoxy) is 3. The van der Waals surface area contributed by atoms with E-state index in [2.05, 4.69) is 6.92 Å². The largest absolute Gasteiger partial charge is 0.494 e. The predicted octanol–water partition coefficient (Wildman–Crippen LogP) is 5.96. The van der Waals surface area contributed by atoms with Gasteiger partial charge in [-0.3, -0.25) is 4.79 Å². The third kappa shape index (κ3) is 8.38. The molecule has 0 spiro atoms. The van der Waals surface area contributed by atoms with E-state index in [0.717, 1.165) is 25.0 Å². The third-order valence-electron chi connectivity index (χ3n) is 4.36. The van der Waals surface area contributed by atoms with E-state index in [9.17, 15) is 9.59 Å². The molecule has 0 bridgehead atoms. The quantitative estimate of drug-likeness (QED) is 0.251. The van der Waals surface area contributed by atoms with Crippen LogP contribution < -0.4 is 14.2 Å². The Morgan fingerprint density at radius 2 is 1.28 bits per heavy atom. The summed E-state index contributed by atoms with van der Waals surface area (Å²) in [6.45, 7) is 4.88. The van der Waals surface area contributed by atoms with Crippen molar-refractivity contribution in [2.75, 3.05) is 6.61 Å². The Labute approximate surface area is 173 Å². The molecule has 0 aliphatic heterocycles. The van der Waals surface area contributed by atoms with Crippen molar-refractivity contribution in [1.29, 1.82) is 0 Å². The summed E-state index contributed by atoms with van der Waals surface area (Å²) in [6, 6.07) is 13.4. The van der Waals surface area contributed by atoms with E-state index in [4.69, 9.17) is 14.2 Å². The number of hydrogen-bond acceptors (Lipinski definition) is 5. The van der Waals surface area contributed by atoms with E-state index < -0.39 is 5.97 Å². The summed E-state index contributed by atoms with van der Waals surface area (Å²) in [6.07, 6.45) is 6.75. The van der Waals surface area contributed by atoms with Gasteiger partial charge in [-0.05, 0) is 61.4 Å². The molecule has 0 aromatic heterocycles. The maximum absolute atomic E-state index is 12.3. The van der Waals surface area contributed by atoms with Crippen LogP contribution in [0.2, 0.25) is 0 Å². The minimum absolute atomic E-state index is 0.269. The molecule has 2 aromatic rings. The highest BCUT2D eigenvalue weighted by molar-refractivity contribution is 5.91. The van der Waals surface area contributed by atoms with Crippen LogP contribution in [0.1, 0.15) is 69.2 Å². The fourth-order valence-corrected chi connectivity index (χ4v) is 2.65. The predicted molar refractivity (Wildman–Crippen MR) is 113 cm³/mol. The normalized spacial score (nSPS) is 10.4. The molecule has 0 unspecified atom stereocenters. The van der Waals surface area contributed by atoms with Crippen molar-refractivity contribution in [1.82, 2.24) is 0 Å². The first-order valence-electron chi connectivity index (χ1n) is 10.4. The zero-order valence-electron chi connectivity index (χ0n) is 17.3. The summed E-state index contributed by atoms with van der Waals surface area (Å²) in [7, 11) is 0. The summed E-state index contributed by atoms with van der Waals surface area (Å²) >= 11 is 0. The fourth-order valence-electron chi connectivity index (χ4n) is 2.65. The molecule has 0 aliphatic rings. The molecule has 0 N–H and O–H groups in total. The topological polar surface area (TPSA) is 61.8 Å². The van der Waals surface area contributed by atoms with Gasteiger partial charge < -0.3 is 14.2 Å².